The highest BCUT2D eigenvalue weighted by atomic mass is 32.2. The molecular formula is C17H21NO3S. The zero-order valence-corrected chi connectivity index (χ0v) is 13.7. The van der Waals surface area contributed by atoms with Crippen LogP contribution in [-0.4, -0.2) is 15.0 Å². The number of nitrogens with one attached hydrogen (secondary N) is 1. The zero-order chi connectivity index (χ0) is 16.0. The first kappa shape index (κ1) is 16.4. The van der Waals surface area contributed by atoms with E-state index in [4.69, 9.17) is 4.74 Å². The van der Waals surface area contributed by atoms with Gasteiger partial charge in [0.1, 0.15) is 5.75 Å². The Bertz CT molecular complexity index is 709. The molecule has 2 aromatic rings. The van der Waals surface area contributed by atoms with E-state index in [9.17, 15) is 8.42 Å². The molecule has 0 heterocycles. The third kappa shape index (κ3) is 4.24. The summed E-state index contributed by atoms with van der Waals surface area (Å²) in [6.07, 6.45) is 2.04. The van der Waals surface area contributed by atoms with E-state index in [1.54, 1.807) is 36.4 Å². The Hall–Kier alpha value is -2.01. The maximum atomic E-state index is 12.4. The fourth-order valence-corrected chi connectivity index (χ4v) is 3.07. The van der Waals surface area contributed by atoms with E-state index in [0.717, 1.165) is 18.4 Å². The molecule has 0 spiro atoms. The van der Waals surface area contributed by atoms with E-state index in [2.05, 4.69) is 11.6 Å². The number of hydrogen-bond acceptors (Lipinski definition) is 3. The standard InChI is InChI=1S/C17H21NO3S/c1-3-4-13-21-15-9-11-16(12-10-15)22(19,20)18-17-8-6-5-7-14(17)2/h5-12,18H,3-4,13H2,1-2H3. The lowest BCUT2D eigenvalue weighted by molar-refractivity contribution is 0.309. The molecule has 118 valence electrons. The second-order valence-corrected chi connectivity index (χ2v) is 6.78. The van der Waals surface area contributed by atoms with Crippen molar-refractivity contribution in [2.75, 3.05) is 11.3 Å². The van der Waals surface area contributed by atoms with Crippen LogP contribution in [0.25, 0.3) is 0 Å². The summed E-state index contributed by atoms with van der Waals surface area (Å²) in [5.74, 6) is 0.684. The summed E-state index contributed by atoms with van der Waals surface area (Å²) < 4.78 is 32.9. The summed E-state index contributed by atoms with van der Waals surface area (Å²) >= 11 is 0. The van der Waals surface area contributed by atoms with Crippen LogP contribution in [0, 0.1) is 6.92 Å². The average molecular weight is 319 g/mol. The molecule has 0 bridgehead atoms. The molecular weight excluding hydrogens is 298 g/mol. The van der Waals surface area contributed by atoms with Crippen molar-refractivity contribution in [2.45, 2.75) is 31.6 Å². The number of rotatable bonds is 7. The number of anilines is 1. The smallest absolute Gasteiger partial charge is 0.261 e. The molecule has 0 saturated carbocycles. The third-order valence-electron chi connectivity index (χ3n) is 3.29. The first-order chi connectivity index (χ1) is 10.5. The number of benzene rings is 2. The predicted octanol–water partition coefficient (Wildman–Crippen LogP) is 3.97. The Morgan fingerprint density at radius 3 is 2.36 bits per heavy atom. The molecule has 0 aliphatic carbocycles. The van der Waals surface area contributed by atoms with Crippen molar-refractivity contribution in [3.8, 4) is 5.75 Å². The van der Waals surface area contributed by atoms with Gasteiger partial charge in [-0.05, 0) is 49.2 Å². The SMILES string of the molecule is CCCCOc1ccc(S(=O)(=O)Nc2ccccc2C)cc1. The summed E-state index contributed by atoms with van der Waals surface area (Å²) in [5, 5.41) is 0. The minimum absolute atomic E-state index is 0.221. The molecule has 1 N–H and O–H groups in total. The summed E-state index contributed by atoms with van der Waals surface area (Å²) in [7, 11) is -3.58. The van der Waals surface area contributed by atoms with E-state index in [1.807, 2.05) is 19.1 Å². The van der Waals surface area contributed by atoms with Gasteiger partial charge in [-0.25, -0.2) is 8.42 Å². The number of ether oxygens (including phenoxy) is 1. The molecule has 0 amide bonds. The largest absolute Gasteiger partial charge is 0.494 e. The Morgan fingerprint density at radius 1 is 1.05 bits per heavy atom. The van der Waals surface area contributed by atoms with E-state index in [1.165, 1.54) is 0 Å². The van der Waals surface area contributed by atoms with Crippen molar-refractivity contribution in [2.24, 2.45) is 0 Å². The van der Waals surface area contributed by atoms with Gasteiger partial charge >= 0.3 is 0 Å². The van der Waals surface area contributed by atoms with Crippen LogP contribution < -0.4 is 9.46 Å². The van der Waals surface area contributed by atoms with Crippen molar-refractivity contribution in [3.63, 3.8) is 0 Å². The van der Waals surface area contributed by atoms with Crippen LogP contribution in [0.1, 0.15) is 25.3 Å². The van der Waals surface area contributed by atoms with Gasteiger partial charge in [-0.15, -0.1) is 0 Å². The topological polar surface area (TPSA) is 55.4 Å². The third-order valence-corrected chi connectivity index (χ3v) is 4.67. The molecule has 0 aliphatic heterocycles. The lowest BCUT2D eigenvalue weighted by Crippen LogP contribution is -2.13. The van der Waals surface area contributed by atoms with Crippen molar-refractivity contribution in [3.05, 3.63) is 54.1 Å². The van der Waals surface area contributed by atoms with Gasteiger partial charge in [0.25, 0.3) is 10.0 Å². The van der Waals surface area contributed by atoms with Crippen LogP contribution in [0.4, 0.5) is 5.69 Å². The maximum absolute atomic E-state index is 12.4. The molecule has 0 aromatic heterocycles. The fraction of sp³-hybridized carbons (Fsp3) is 0.294. The van der Waals surface area contributed by atoms with E-state index >= 15 is 0 Å². The molecule has 0 atom stereocenters. The second-order valence-electron chi connectivity index (χ2n) is 5.09. The number of hydrogen-bond donors (Lipinski definition) is 1. The maximum Gasteiger partial charge on any atom is 0.261 e. The first-order valence-electron chi connectivity index (χ1n) is 7.34. The van der Waals surface area contributed by atoms with Crippen LogP contribution in [0.3, 0.4) is 0 Å². The highest BCUT2D eigenvalue weighted by Gasteiger charge is 2.15. The monoisotopic (exact) mass is 319 g/mol. The lowest BCUT2D eigenvalue weighted by atomic mass is 10.2. The normalized spacial score (nSPS) is 11.2. The summed E-state index contributed by atoms with van der Waals surface area (Å²) in [6, 6.07) is 13.8. The molecule has 4 nitrogen and oxygen atoms in total. The van der Waals surface area contributed by atoms with Crippen LogP contribution in [-0.2, 0) is 10.0 Å². The van der Waals surface area contributed by atoms with Gasteiger partial charge in [0.05, 0.1) is 17.2 Å². The Morgan fingerprint density at radius 2 is 1.73 bits per heavy atom. The van der Waals surface area contributed by atoms with Gasteiger partial charge in [-0.2, -0.15) is 0 Å². The highest BCUT2D eigenvalue weighted by molar-refractivity contribution is 7.92. The molecule has 0 aliphatic rings. The van der Waals surface area contributed by atoms with Gasteiger partial charge < -0.3 is 4.74 Å². The molecule has 2 rings (SSSR count). The van der Waals surface area contributed by atoms with Gasteiger partial charge in [-0.3, -0.25) is 4.72 Å². The molecule has 5 heteroatoms. The van der Waals surface area contributed by atoms with Crippen molar-refractivity contribution in [1.82, 2.24) is 0 Å². The molecule has 0 radical (unpaired) electrons. The van der Waals surface area contributed by atoms with Gasteiger partial charge in [-0.1, -0.05) is 31.5 Å². The Labute approximate surface area is 132 Å². The zero-order valence-electron chi connectivity index (χ0n) is 12.9. The number of aryl methyl sites for hydroxylation is 1. The first-order valence-corrected chi connectivity index (χ1v) is 8.82. The van der Waals surface area contributed by atoms with Gasteiger partial charge in [0, 0.05) is 0 Å². The quantitative estimate of drug-likeness (QED) is 0.786. The number of para-hydroxylation sites is 1. The predicted molar refractivity (Wildman–Crippen MR) is 88.8 cm³/mol. The average Bonchev–Trinajstić information content (AvgIpc) is 2.50. The molecule has 2 aromatic carbocycles. The number of sulfonamides is 1. The molecule has 0 saturated heterocycles. The van der Waals surface area contributed by atoms with Crippen molar-refractivity contribution >= 4 is 15.7 Å². The summed E-state index contributed by atoms with van der Waals surface area (Å²) in [4.78, 5) is 0.221. The summed E-state index contributed by atoms with van der Waals surface area (Å²) in [6.45, 7) is 4.60. The Kier molecular flexibility index (Phi) is 5.44. The number of unbranched alkanes of at least 4 members (excludes halogenated alkanes) is 1. The Balaban J connectivity index is 2.11. The molecule has 0 fully saturated rings. The van der Waals surface area contributed by atoms with Crippen LogP contribution in [0.2, 0.25) is 0 Å². The fourth-order valence-electron chi connectivity index (χ4n) is 1.94. The summed E-state index contributed by atoms with van der Waals surface area (Å²) in [5.41, 5.74) is 1.47. The van der Waals surface area contributed by atoms with Crippen LogP contribution >= 0.6 is 0 Å². The van der Waals surface area contributed by atoms with Crippen molar-refractivity contribution in [1.29, 1.82) is 0 Å². The molecule has 0 unspecified atom stereocenters. The van der Waals surface area contributed by atoms with E-state index in [-0.39, 0.29) is 4.90 Å². The minimum atomic E-state index is -3.58. The highest BCUT2D eigenvalue weighted by Crippen LogP contribution is 2.21. The lowest BCUT2D eigenvalue weighted by Gasteiger charge is -2.11. The van der Waals surface area contributed by atoms with Gasteiger partial charge in [0.2, 0.25) is 0 Å². The van der Waals surface area contributed by atoms with Crippen molar-refractivity contribution < 1.29 is 13.2 Å². The van der Waals surface area contributed by atoms with E-state index in [0.29, 0.717) is 18.0 Å². The van der Waals surface area contributed by atoms with Crippen LogP contribution in [0.15, 0.2) is 53.4 Å². The molecule has 22 heavy (non-hydrogen) atoms. The minimum Gasteiger partial charge on any atom is -0.494 e. The second kappa shape index (κ2) is 7.31. The van der Waals surface area contributed by atoms with Crippen LogP contribution in [0.5, 0.6) is 5.75 Å². The van der Waals surface area contributed by atoms with Gasteiger partial charge in [0.15, 0.2) is 0 Å². The van der Waals surface area contributed by atoms with E-state index < -0.39 is 10.0 Å².